The summed E-state index contributed by atoms with van der Waals surface area (Å²) in [6, 6.07) is 15.9. The van der Waals surface area contributed by atoms with Gasteiger partial charge >= 0.3 is 0 Å². The molecule has 1 aliphatic heterocycles. The third-order valence-corrected chi connectivity index (χ3v) is 9.64. The number of nitrogens with zero attached hydrogens (tertiary/aromatic N) is 2. The molecule has 1 aromatic heterocycles. The van der Waals surface area contributed by atoms with E-state index in [0.717, 1.165) is 36.4 Å². The van der Waals surface area contributed by atoms with Crippen LogP contribution in [0.15, 0.2) is 82.3 Å². The Morgan fingerprint density at radius 3 is 2.42 bits per heavy atom. The zero-order chi connectivity index (χ0) is 27.3. The van der Waals surface area contributed by atoms with Crippen molar-refractivity contribution in [3.63, 3.8) is 0 Å². The maximum Gasteiger partial charge on any atom is 0.265 e. The van der Waals surface area contributed by atoms with Crippen LogP contribution in [0.25, 0.3) is 16.3 Å². The molecule has 12 heteroatoms. The van der Waals surface area contributed by atoms with Gasteiger partial charge in [0.05, 0.1) is 22.2 Å². The van der Waals surface area contributed by atoms with Crippen molar-refractivity contribution in [1.29, 1.82) is 0 Å². The number of allylic oxidation sites excluding steroid dienone is 4. The van der Waals surface area contributed by atoms with E-state index >= 15 is 0 Å². The van der Waals surface area contributed by atoms with Crippen molar-refractivity contribution >= 4 is 65.3 Å². The van der Waals surface area contributed by atoms with E-state index in [0.29, 0.717) is 25.9 Å². The first-order valence-corrected chi connectivity index (χ1v) is 16.8. The quantitative estimate of drug-likeness (QED) is 0.178. The Bertz CT molecular complexity index is 1620. The summed E-state index contributed by atoms with van der Waals surface area (Å²) in [5.74, 6) is -0.582. The Kier molecular flexibility index (Phi) is 9.11. The SMILES string of the molecule is CC(C=CC=C1Sc2ccccc2N1CCCS(=O)(=O)O)=Cc1sc2ccccc2[n+]1CCCS(=O)(=O)O. The van der Waals surface area contributed by atoms with Gasteiger partial charge in [-0.15, -0.1) is 0 Å². The van der Waals surface area contributed by atoms with Crippen LogP contribution in [0.2, 0.25) is 0 Å². The summed E-state index contributed by atoms with van der Waals surface area (Å²) in [6.07, 6.45) is 8.58. The van der Waals surface area contributed by atoms with Crippen LogP contribution in [-0.2, 0) is 26.8 Å². The second-order valence-corrected chi connectivity index (χ2v) is 14.1. The molecule has 2 heterocycles. The van der Waals surface area contributed by atoms with E-state index in [4.69, 9.17) is 9.11 Å². The minimum absolute atomic E-state index is 0.291. The van der Waals surface area contributed by atoms with Crippen LogP contribution >= 0.6 is 23.1 Å². The minimum Gasteiger partial charge on any atom is -0.335 e. The molecule has 0 radical (unpaired) electrons. The van der Waals surface area contributed by atoms with E-state index in [1.807, 2.05) is 79.8 Å². The van der Waals surface area contributed by atoms with Crippen molar-refractivity contribution in [3.8, 4) is 0 Å². The van der Waals surface area contributed by atoms with Crippen LogP contribution in [0.1, 0.15) is 24.8 Å². The highest BCUT2D eigenvalue weighted by Gasteiger charge is 2.24. The zero-order valence-electron chi connectivity index (χ0n) is 20.7. The van der Waals surface area contributed by atoms with E-state index in [9.17, 15) is 16.8 Å². The summed E-state index contributed by atoms with van der Waals surface area (Å²) in [5.41, 5.74) is 3.02. The lowest BCUT2D eigenvalue weighted by atomic mass is 10.2. The number of anilines is 1. The summed E-state index contributed by atoms with van der Waals surface area (Å²) < 4.78 is 66.1. The molecule has 4 rings (SSSR count). The number of thioether (sulfide) groups is 1. The van der Waals surface area contributed by atoms with Crippen molar-refractivity contribution in [2.45, 2.75) is 31.2 Å². The monoisotopic (exact) mass is 593 g/mol. The summed E-state index contributed by atoms with van der Waals surface area (Å²) in [5, 5.41) is 1.94. The van der Waals surface area contributed by atoms with Gasteiger partial charge in [0.2, 0.25) is 5.52 Å². The van der Waals surface area contributed by atoms with Gasteiger partial charge in [0.25, 0.3) is 25.2 Å². The Labute approximate surface area is 231 Å². The van der Waals surface area contributed by atoms with Crippen molar-refractivity contribution in [1.82, 2.24) is 0 Å². The van der Waals surface area contributed by atoms with Gasteiger partial charge in [0, 0.05) is 30.0 Å². The van der Waals surface area contributed by atoms with E-state index in [2.05, 4.69) is 9.47 Å². The molecule has 0 spiro atoms. The van der Waals surface area contributed by atoms with Gasteiger partial charge in [0.15, 0.2) is 6.54 Å². The zero-order valence-corrected chi connectivity index (χ0v) is 24.0. The molecule has 3 aromatic rings. The summed E-state index contributed by atoms with van der Waals surface area (Å²) in [7, 11) is -8.03. The topological polar surface area (TPSA) is 116 Å². The van der Waals surface area contributed by atoms with E-state index < -0.39 is 20.2 Å². The molecule has 0 aliphatic carbocycles. The first kappa shape index (κ1) is 28.5. The molecule has 0 fully saturated rings. The lowest BCUT2D eigenvalue weighted by Crippen LogP contribution is -2.36. The summed E-state index contributed by atoms with van der Waals surface area (Å²) in [4.78, 5) is 3.14. The predicted octanol–water partition coefficient (Wildman–Crippen LogP) is 5.16. The molecule has 38 heavy (non-hydrogen) atoms. The fourth-order valence-electron chi connectivity index (χ4n) is 4.13. The highest BCUT2D eigenvalue weighted by Crippen LogP contribution is 2.45. The molecule has 0 saturated heterocycles. The van der Waals surface area contributed by atoms with Crippen molar-refractivity contribution < 1.29 is 30.5 Å². The number of rotatable bonds is 11. The fraction of sp³-hybridized carbons (Fsp3) is 0.269. The minimum atomic E-state index is -4.02. The predicted molar refractivity (Wildman–Crippen MR) is 155 cm³/mol. The maximum absolute atomic E-state index is 11.2. The molecule has 2 aromatic carbocycles. The van der Waals surface area contributed by atoms with Crippen molar-refractivity contribution in [3.05, 3.63) is 82.4 Å². The average Bonchev–Trinajstić information content (AvgIpc) is 3.35. The number of benzene rings is 2. The van der Waals surface area contributed by atoms with Crippen LogP contribution in [0, 0.1) is 0 Å². The van der Waals surface area contributed by atoms with Gasteiger partial charge in [-0.3, -0.25) is 9.11 Å². The molecule has 0 bridgehead atoms. The number of aryl methyl sites for hydroxylation is 1. The summed E-state index contributed by atoms with van der Waals surface area (Å²) in [6.45, 7) is 2.91. The fourth-order valence-corrected chi connectivity index (χ4v) is 7.42. The Balaban J connectivity index is 1.53. The number of aromatic nitrogens is 1. The largest absolute Gasteiger partial charge is 0.335 e. The van der Waals surface area contributed by atoms with E-state index in [1.165, 1.54) is 0 Å². The van der Waals surface area contributed by atoms with Crippen molar-refractivity contribution in [2.75, 3.05) is 23.0 Å². The van der Waals surface area contributed by atoms with Gasteiger partial charge in [-0.1, -0.05) is 59.5 Å². The number of hydrogen-bond donors (Lipinski definition) is 2. The van der Waals surface area contributed by atoms with Crippen LogP contribution in [0.3, 0.4) is 0 Å². The maximum atomic E-state index is 11.2. The summed E-state index contributed by atoms with van der Waals surface area (Å²) >= 11 is 3.22. The first-order chi connectivity index (χ1) is 18.0. The third-order valence-electron chi connectivity index (χ3n) is 5.79. The molecule has 1 aliphatic rings. The smallest absolute Gasteiger partial charge is 0.265 e. The molecule has 0 saturated carbocycles. The van der Waals surface area contributed by atoms with Gasteiger partial charge in [-0.05, 0) is 43.2 Å². The number of thiazole rings is 1. The standard InChI is InChI=1S/C26H28N2O6S4/c1-20(19-26-28(16-8-18-38(32,33)34)22-11-3-5-13-24(22)36-26)9-6-14-25-27(15-7-17-37(29,30)31)21-10-2-4-12-23(21)35-25/h2-6,9-14,19H,7-8,15-18H2,1H3,(H-,29,30,31,32,33,34)/p+1. The first-order valence-electron chi connectivity index (χ1n) is 11.9. The second kappa shape index (κ2) is 12.1. The number of hydrogen-bond acceptors (Lipinski definition) is 7. The highest BCUT2D eigenvalue weighted by molar-refractivity contribution is 8.03. The van der Waals surface area contributed by atoms with Gasteiger partial charge < -0.3 is 4.90 Å². The van der Waals surface area contributed by atoms with Crippen LogP contribution < -0.4 is 9.47 Å². The Morgan fingerprint density at radius 2 is 1.66 bits per heavy atom. The Morgan fingerprint density at radius 1 is 0.974 bits per heavy atom. The highest BCUT2D eigenvalue weighted by atomic mass is 32.2. The molecular formula is C26H29N2O6S4+. The lowest BCUT2D eigenvalue weighted by Gasteiger charge is -2.19. The molecule has 0 unspecified atom stereocenters. The Hall–Kier alpha value is -2.48. The van der Waals surface area contributed by atoms with Gasteiger partial charge in [0.1, 0.15) is 4.70 Å². The molecule has 0 amide bonds. The van der Waals surface area contributed by atoms with Crippen LogP contribution in [-0.4, -0.2) is 44.0 Å². The van der Waals surface area contributed by atoms with Gasteiger partial charge in [-0.2, -0.15) is 21.4 Å². The van der Waals surface area contributed by atoms with Gasteiger partial charge in [-0.25, -0.2) is 0 Å². The van der Waals surface area contributed by atoms with Crippen LogP contribution in [0.5, 0.6) is 0 Å². The van der Waals surface area contributed by atoms with Crippen LogP contribution in [0.4, 0.5) is 5.69 Å². The molecular weight excluding hydrogens is 565 g/mol. The normalized spacial score (nSPS) is 15.7. The second-order valence-electron chi connectivity index (χ2n) is 8.81. The third kappa shape index (κ3) is 7.78. The van der Waals surface area contributed by atoms with E-state index in [1.54, 1.807) is 23.1 Å². The molecule has 202 valence electrons. The van der Waals surface area contributed by atoms with Crippen molar-refractivity contribution in [2.24, 2.45) is 0 Å². The van der Waals surface area contributed by atoms with E-state index in [-0.39, 0.29) is 11.5 Å². The lowest BCUT2D eigenvalue weighted by molar-refractivity contribution is -0.668. The number of fused-ring (bicyclic) bond motifs is 2. The molecule has 2 N–H and O–H groups in total. The average molecular weight is 594 g/mol. The molecule has 8 nitrogen and oxygen atoms in total. The number of para-hydroxylation sites is 2. The molecule has 0 atom stereocenters.